The maximum atomic E-state index is 6.43. The third-order valence-corrected chi connectivity index (χ3v) is 13.6. The van der Waals surface area contributed by atoms with Crippen LogP contribution in [0.3, 0.4) is 0 Å². The summed E-state index contributed by atoms with van der Waals surface area (Å²) in [7, 11) is 0. The zero-order chi connectivity index (χ0) is 45.7. The average Bonchev–Trinajstić information content (AvgIpc) is 3.98. The fourth-order valence-corrected chi connectivity index (χ4v) is 10.3. The van der Waals surface area contributed by atoms with E-state index in [0.717, 1.165) is 66.8 Å². The summed E-state index contributed by atoms with van der Waals surface area (Å²) in [6.07, 6.45) is 0. The number of fused-ring (bicyclic) bond motifs is 6. The van der Waals surface area contributed by atoms with Crippen LogP contribution in [0.15, 0.2) is 271 Å². The summed E-state index contributed by atoms with van der Waals surface area (Å²) >= 11 is 0. The Balaban J connectivity index is 0.832. The summed E-state index contributed by atoms with van der Waals surface area (Å²) in [5.41, 5.74) is 20.2. The minimum absolute atomic E-state index is 0.906. The Morgan fingerprint density at radius 3 is 1.45 bits per heavy atom. The van der Waals surface area contributed by atoms with Gasteiger partial charge in [0.1, 0.15) is 11.2 Å². The largest absolute Gasteiger partial charge is 0.455 e. The normalized spacial score (nSPS) is 11.5. The van der Waals surface area contributed by atoms with Gasteiger partial charge in [-0.2, -0.15) is 0 Å². The summed E-state index contributed by atoms with van der Waals surface area (Å²) in [6, 6.07) is 96.0. The van der Waals surface area contributed by atoms with Crippen LogP contribution in [0.1, 0.15) is 0 Å². The fourth-order valence-electron chi connectivity index (χ4n) is 10.3. The van der Waals surface area contributed by atoms with Crippen LogP contribution in [-0.4, -0.2) is 4.57 Å². The molecule has 11 aromatic carbocycles. The van der Waals surface area contributed by atoms with Gasteiger partial charge in [-0.15, -0.1) is 0 Å². The van der Waals surface area contributed by atoms with Crippen LogP contribution in [0.2, 0.25) is 0 Å². The van der Waals surface area contributed by atoms with Gasteiger partial charge in [-0.05, 0) is 111 Å². The lowest BCUT2D eigenvalue weighted by molar-refractivity contribution is 0.670. The minimum Gasteiger partial charge on any atom is -0.455 e. The smallest absolute Gasteiger partial charge is 0.143 e. The molecule has 0 aliphatic heterocycles. The topological polar surface area (TPSA) is 21.3 Å². The van der Waals surface area contributed by atoms with Gasteiger partial charge in [0.15, 0.2) is 0 Å². The predicted molar refractivity (Wildman–Crippen MR) is 290 cm³/mol. The molecular weight excluding hydrogens is 837 g/mol. The Morgan fingerprint density at radius 2 is 0.739 bits per heavy atom. The summed E-state index contributed by atoms with van der Waals surface area (Å²) in [5.74, 6) is 0. The zero-order valence-corrected chi connectivity index (χ0v) is 37.7. The molecule has 2 heterocycles. The molecule has 2 aromatic heterocycles. The zero-order valence-electron chi connectivity index (χ0n) is 37.7. The second-order valence-corrected chi connectivity index (χ2v) is 17.7. The minimum atomic E-state index is 0.906. The monoisotopic (exact) mass is 880 g/mol. The highest BCUT2D eigenvalue weighted by Crippen LogP contribution is 2.41. The first-order valence-electron chi connectivity index (χ1n) is 23.6. The molecule has 3 nitrogen and oxygen atoms in total. The number of hydrogen-bond donors (Lipinski definition) is 0. The van der Waals surface area contributed by atoms with Gasteiger partial charge in [0, 0.05) is 49.7 Å². The summed E-state index contributed by atoms with van der Waals surface area (Å²) < 4.78 is 8.84. The molecular formula is C66H44N2O. The molecule has 69 heavy (non-hydrogen) atoms. The first-order valence-corrected chi connectivity index (χ1v) is 23.6. The Hall–Kier alpha value is -9.18. The molecule has 0 bridgehead atoms. The fraction of sp³-hybridized carbons (Fsp3) is 0. The van der Waals surface area contributed by atoms with E-state index in [4.69, 9.17) is 4.42 Å². The summed E-state index contributed by atoms with van der Waals surface area (Å²) in [5, 5.41) is 4.79. The summed E-state index contributed by atoms with van der Waals surface area (Å²) in [4.78, 5) is 2.35. The second kappa shape index (κ2) is 16.9. The third-order valence-electron chi connectivity index (χ3n) is 13.6. The highest BCUT2D eigenvalue weighted by Gasteiger charge is 2.18. The number of furan rings is 1. The molecule has 0 atom stereocenters. The third kappa shape index (κ3) is 7.16. The van der Waals surface area contributed by atoms with E-state index in [1.54, 1.807) is 0 Å². The van der Waals surface area contributed by atoms with Gasteiger partial charge in [0.25, 0.3) is 0 Å². The van der Waals surface area contributed by atoms with E-state index in [2.05, 4.69) is 264 Å². The maximum absolute atomic E-state index is 6.43. The van der Waals surface area contributed by atoms with E-state index in [1.165, 1.54) is 55.3 Å². The van der Waals surface area contributed by atoms with Gasteiger partial charge in [-0.3, -0.25) is 0 Å². The predicted octanol–water partition coefficient (Wildman–Crippen LogP) is 18.5. The molecule has 13 aromatic rings. The lowest BCUT2D eigenvalue weighted by Crippen LogP contribution is -2.10. The number of rotatable bonds is 9. The molecule has 0 saturated heterocycles. The number of hydrogen-bond acceptors (Lipinski definition) is 2. The molecule has 13 rings (SSSR count). The van der Waals surface area contributed by atoms with Gasteiger partial charge < -0.3 is 13.9 Å². The van der Waals surface area contributed by atoms with Gasteiger partial charge in [0.2, 0.25) is 0 Å². The van der Waals surface area contributed by atoms with Crippen LogP contribution in [0.4, 0.5) is 17.1 Å². The first kappa shape index (κ1) is 40.1. The molecule has 0 radical (unpaired) electrons. The van der Waals surface area contributed by atoms with Crippen molar-refractivity contribution in [2.45, 2.75) is 0 Å². The van der Waals surface area contributed by atoms with Gasteiger partial charge in [-0.25, -0.2) is 0 Å². The van der Waals surface area contributed by atoms with Gasteiger partial charge >= 0.3 is 0 Å². The van der Waals surface area contributed by atoms with Crippen molar-refractivity contribution >= 4 is 60.8 Å². The van der Waals surface area contributed by atoms with Crippen molar-refractivity contribution in [3.8, 4) is 61.3 Å². The Bertz CT molecular complexity index is 3940. The van der Waals surface area contributed by atoms with Crippen LogP contribution < -0.4 is 4.90 Å². The van der Waals surface area contributed by atoms with Crippen molar-refractivity contribution < 1.29 is 4.42 Å². The quantitative estimate of drug-likeness (QED) is 0.144. The van der Waals surface area contributed by atoms with Crippen molar-refractivity contribution in [3.05, 3.63) is 267 Å². The molecule has 0 unspecified atom stereocenters. The summed E-state index contributed by atoms with van der Waals surface area (Å²) in [6.45, 7) is 0. The van der Waals surface area contributed by atoms with Crippen LogP contribution in [0.25, 0.3) is 105 Å². The van der Waals surface area contributed by atoms with Crippen molar-refractivity contribution in [2.75, 3.05) is 4.90 Å². The molecule has 3 heteroatoms. The van der Waals surface area contributed by atoms with E-state index in [0.29, 0.717) is 0 Å². The number of para-hydroxylation sites is 5. The average molecular weight is 881 g/mol. The van der Waals surface area contributed by atoms with E-state index >= 15 is 0 Å². The Morgan fingerprint density at radius 1 is 0.275 bits per heavy atom. The number of nitrogens with zero attached hydrogens (tertiary/aromatic N) is 2. The standard InChI is InChI=1S/C66H44N2O/c1-2-15-45(16-3-1)51-18-13-20-55(44-51)67(54-41-37-48(38-42-54)50-17-12-19-52(43-50)57-25-14-26-61-60-24-7-11-30-65(60)69-66(57)61)53-39-35-47(36-40-53)46-31-33-49(34-32-46)56-21-4-8-27-62(56)68-63-28-9-5-22-58(63)59-23-6-10-29-64(59)68/h1-44H. The van der Waals surface area contributed by atoms with Crippen molar-refractivity contribution in [1.82, 2.24) is 4.57 Å². The number of benzene rings is 11. The first-order chi connectivity index (χ1) is 34.2. The molecule has 0 spiro atoms. The molecule has 0 fully saturated rings. The van der Waals surface area contributed by atoms with Crippen LogP contribution in [0.5, 0.6) is 0 Å². The number of aromatic nitrogens is 1. The SMILES string of the molecule is c1ccc(-c2cccc(N(c3ccc(-c4ccc(-c5ccccc5-n5c6ccccc6c6ccccc65)cc4)cc3)c3ccc(-c4cccc(-c5cccc6c5oc5ccccc56)c4)cc3)c2)cc1. The molecule has 0 N–H and O–H groups in total. The van der Waals surface area contributed by atoms with E-state index in [-0.39, 0.29) is 0 Å². The number of anilines is 3. The van der Waals surface area contributed by atoms with Crippen molar-refractivity contribution in [2.24, 2.45) is 0 Å². The highest BCUT2D eigenvalue weighted by atomic mass is 16.3. The molecule has 0 saturated carbocycles. The molecule has 0 aliphatic rings. The molecule has 0 amide bonds. The molecule has 0 aliphatic carbocycles. The van der Waals surface area contributed by atoms with Crippen molar-refractivity contribution in [1.29, 1.82) is 0 Å². The lowest BCUT2D eigenvalue weighted by atomic mass is 9.97. The van der Waals surface area contributed by atoms with Gasteiger partial charge in [0.05, 0.1) is 16.7 Å². The van der Waals surface area contributed by atoms with Crippen molar-refractivity contribution in [3.63, 3.8) is 0 Å². The lowest BCUT2D eigenvalue weighted by Gasteiger charge is -2.26. The van der Waals surface area contributed by atoms with Gasteiger partial charge in [-0.1, -0.05) is 200 Å². The van der Waals surface area contributed by atoms with Crippen LogP contribution in [-0.2, 0) is 0 Å². The Labute approximate surface area is 401 Å². The molecule has 324 valence electrons. The van der Waals surface area contributed by atoms with Crippen LogP contribution in [0, 0.1) is 0 Å². The van der Waals surface area contributed by atoms with Crippen LogP contribution >= 0.6 is 0 Å². The van der Waals surface area contributed by atoms with E-state index in [9.17, 15) is 0 Å². The highest BCUT2D eigenvalue weighted by molar-refractivity contribution is 6.11. The van der Waals surface area contributed by atoms with E-state index in [1.807, 2.05) is 12.1 Å². The maximum Gasteiger partial charge on any atom is 0.143 e. The second-order valence-electron chi connectivity index (χ2n) is 17.7. The van der Waals surface area contributed by atoms with E-state index < -0.39 is 0 Å². The Kier molecular flexibility index (Phi) is 9.84.